The molecule has 11 heteroatoms. The number of halogens is 4. The topological polar surface area (TPSA) is 115 Å². The first-order chi connectivity index (χ1) is 13.0. The molecule has 2 amide bonds. The van der Waals surface area contributed by atoms with Gasteiger partial charge in [-0.3, -0.25) is 19.7 Å². The van der Waals surface area contributed by atoms with Crippen LogP contribution in [-0.2, 0) is 17.4 Å². The fourth-order valence-corrected chi connectivity index (χ4v) is 2.34. The van der Waals surface area contributed by atoms with E-state index < -0.39 is 46.0 Å². The molecule has 3 N–H and O–H groups in total. The lowest BCUT2D eigenvalue weighted by Gasteiger charge is -2.16. The molecule has 0 aliphatic rings. The van der Waals surface area contributed by atoms with Crippen molar-refractivity contribution in [3.8, 4) is 0 Å². The third kappa shape index (κ3) is 5.02. The highest BCUT2D eigenvalue weighted by molar-refractivity contribution is 5.97. The minimum atomic E-state index is -4.57. The van der Waals surface area contributed by atoms with Crippen LogP contribution in [0.5, 0.6) is 0 Å². The van der Waals surface area contributed by atoms with E-state index in [1.165, 1.54) is 6.07 Å². The van der Waals surface area contributed by atoms with Crippen LogP contribution in [-0.4, -0.2) is 22.8 Å². The molecule has 0 aliphatic carbocycles. The van der Waals surface area contributed by atoms with Crippen molar-refractivity contribution in [3.63, 3.8) is 0 Å². The minimum Gasteiger partial charge on any atom is -0.368 e. The standard InChI is InChI=1S/C17H13F4N3O4/c18-12-6-1-9(8-14(12)24(27)28)7-13(15(22)25)23-16(26)10-2-4-11(5-3-10)17(19,20)21/h1-6,8,13H,7H2,(H2,22,25)(H,23,26)/t13-/m1/s1. The van der Waals surface area contributed by atoms with Crippen molar-refractivity contribution < 1.29 is 32.1 Å². The van der Waals surface area contributed by atoms with E-state index in [0.717, 1.165) is 24.3 Å². The Bertz CT molecular complexity index is 914. The summed E-state index contributed by atoms with van der Waals surface area (Å²) in [6, 6.07) is 4.87. The average Bonchev–Trinajstić information content (AvgIpc) is 2.61. The lowest BCUT2D eigenvalue weighted by Crippen LogP contribution is -2.45. The third-order valence-corrected chi connectivity index (χ3v) is 3.77. The first kappa shape index (κ1) is 20.8. The number of alkyl halides is 3. The summed E-state index contributed by atoms with van der Waals surface area (Å²) in [6.45, 7) is 0. The molecule has 0 saturated heterocycles. The molecule has 0 unspecified atom stereocenters. The Balaban J connectivity index is 2.17. The SMILES string of the molecule is NC(=O)[C@@H](Cc1ccc(F)c([N+](=O)[O-])c1)NC(=O)c1ccc(C(F)(F)F)cc1. The van der Waals surface area contributed by atoms with Crippen LogP contribution in [0.1, 0.15) is 21.5 Å². The molecule has 0 fully saturated rings. The smallest absolute Gasteiger partial charge is 0.368 e. The van der Waals surface area contributed by atoms with E-state index in [4.69, 9.17) is 5.73 Å². The highest BCUT2D eigenvalue weighted by atomic mass is 19.4. The van der Waals surface area contributed by atoms with E-state index in [9.17, 15) is 37.3 Å². The molecule has 0 aromatic heterocycles. The van der Waals surface area contributed by atoms with Gasteiger partial charge in [-0.05, 0) is 35.9 Å². The van der Waals surface area contributed by atoms with E-state index in [-0.39, 0.29) is 17.5 Å². The molecule has 2 aromatic carbocycles. The second-order valence-corrected chi connectivity index (χ2v) is 5.75. The second-order valence-electron chi connectivity index (χ2n) is 5.75. The first-order valence-electron chi connectivity index (χ1n) is 7.69. The maximum absolute atomic E-state index is 13.4. The van der Waals surface area contributed by atoms with Gasteiger partial charge in [0.05, 0.1) is 10.5 Å². The zero-order chi connectivity index (χ0) is 21.1. The number of rotatable bonds is 6. The van der Waals surface area contributed by atoms with Gasteiger partial charge in [0.1, 0.15) is 6.04 Å². The number of carbonyl (C=O) groups is 2. The summed E-state index contributed by atoms with van der Waals surface area (Å²) in [5.41, 5.74) is 3.46. The van der Waals surface area contributed by atoms with Crippen LogP contribution < -0.4 is 11.1 Å². The summed E-state index contributed by atoms with van der Waals surface area (Å²) in [7, 11) is 0. The number of nitrogens with zero attached hydrogens (tertiary/aromatic N) is 1. The maximum Gasteiger partial charge on any atom is 0.416 e. The van der Waals surface area contributed by atoms with E-state index >= 15 is 0 Å². The lowest BCUT2D eigenvalue weighted by molar-refractivity contribution is -0.387. The Kier molecular flexibility index (Phi) is 5.96. The average molecular weight is 399 g/mol. The summed E-state index contributed by atoms with van der Waals surface area (Å²) < 4.78 is 51.1. The van der Waals surface area contributed by atoms with E-state index in [1.54, 1.807) is 0 Å². The van der Waals surface area contributed by atoms with Crippen molar-refractivity contribution in [2.24, 2.45) is 5.73 Å². The number of nitrogens with two attached hydrogens (primary N) is 1. The van der Waals surface area contributed by atoms with Crippen molar-refractivity contribution in [2.75, 3.05) is 0 Å². The highest BCUT2D eigenvalue weighted by Crippen LogP contribution is 2.29. The summed E-state index contributed by atoms with van der Waals surface area (Å²) in [4.78, 5) is 33.6. The van der Waals surface area contributed by atoms with Crippen LogP contribution in [0.2, 0.25) is 0 Å². The van der Waals surface area contributed by atoms with Crippen LogP contribution in [0, 0.1) is 15.9 Å². The Hall–Kier alpha value is -3.50. The molecule has 28 heavy (non-hydrogen) atoms. The summed E-state index contributed by atoms with van der Waals surface area (Å²) in [6.07, 6.45) is -4.84. The molecule has 0 spiro atoms. The number of nitro benzene ring substituents is 1. The fraction of sp³-hybridized carbons (Fsp3) is 0.176. The van der Waals surface area contributed by atoms with Gasteiger partial charge in [-0.1, -0.05) is 6.07 Å². The van der Waals surface area contributed by atoms with Crippen LogP contribution in [0.15, 0.2) is 42.5 Å². The van der Waals surface area contributed by atoms with Gasteiger partial charge in [0.2, 0.25) is 11.7 Å². The zero-order valence-electron chi connectivity index (χ0n) is 14.0. The van der Waals surface area contributed by atoms with Gasteiger partial charge >= 0.3 is 11.9 Å². The molecular formula is C17H13F4N3O4. The summed E-state index contributed by atoms with van der Waals surface area (Å²) >= 11 is 0. The molecule has 0 bridgehead atoms. The minimum absolute atomic E-state index is 0.149. The molecule has 0 heterocycles. The van der Waals surface area contributed by atoms with E-state index in [0.29, 0.717) is 12.1 Å². The summed E-state index contributed by atoms with van der Waals surface area (Å²) in [5.74, 6) is -2.92. The van der Waals surface area contributed by atoms with Gasteiger partial charge in [0, 0.05) is 18.1 Å². The normalized spacial score (nSPS) is 12.3. The number of nitrogens with one attached hydrogen (secondary N) is 1. The first-order valence-corrected chi connectivity index (χ1v) is 7.69. The lowest BCUT2D eigenvalue weighted by atomic mass is 10.0. The van der Waals surface area contributed by atoms with Crippen LogP contribution in [0.25, 0.3) is 0 Å². The molecule has 0 radical (unpaired) electrons. The number of benzene rings is 2. The molecule has 7 nitrogen and oxygen atoms in total. The number of hydrogen-bond acceptors (Lipinski definition) is 4. The molecule has 148 valence electrons. The predicted molar refractivity (Wildman–Crippen MR) is 88.7 cm³/mol. The fourth-order valence-electron chi connectivity index (χ4n) is 2.34. The quantitative estimate of drug-likeness (QED) is 0.441. The van der Waals surface area contributed by atoms with Gasteiger partial charge < -0.3 is 11.1 Å². The molecule has 2 rings (SSSR count). The van der Waals surface area contributed by atoms with E-state index in [1.807, 2.05) is 0 Å². The Labute approximate surface area is 155 Å². The third-order valence-electron chi connectivity index (χ3n) is 3.77. The molecule has 1 atom stereocenters. The number of hydrogen-bond donors (Lipinski definition) is 2. The van der Waals surface area contributed by atoms with Gasteiger partial charge in [-0.15, -0.1) is 0 Å². The van der Waals surface area contributed by atoms with Crippen molar-refractivity contribution in [1.82, 2.24) is 5.32 Å². The molecule has 0 aliphatic heterocycles. The maximum atomic E-state index is 13.4. The molecular weight excluding hydrogens is 386 g/mol. The van der Waals surface area contributed by atoms with Crippen LogP contribution in [0.4, 0.5) is 23.2 Å². The Morgan fingerprint density at radius 3 is 2.25 bits per heavy atom. The molecule has 2 aromatic rings. The Morgan fingerprint density at radius 2 is 1.75 bits per heavy atom. The van der Waals surface area contributed by atoms with Gasteiger partial charge in [-0.2, -0.15) is 17.6 Å². The number of amides is 2. The number of nitro groups is 1. The highest BCUT2D eigenvalue weighted by Gasteiger charge is 2.30. The van der Waals surface area contributed by atoms with E-state index in [2.05, 4.69) is 5.32 Å². The van der Waals surface area contributed by atoms with Gasteiger partial charge in [0.15, 0.2) is 0 Å². The summed E-state index contributed by atoms with van der Waals surface area (Å²) in [5, 5.41) is 13.0. The van der Waals surface area contributed by atoms with Gasteiger partial charge in [-0.25, -0.2) is 0 Å². The van der Waals surface area contributed by atoms with Crippen molar-refractivity contribution in [1.29, 1.82) is 0 Å². The van der Waals surface area contributed by atoms with Crippen molar-refractivity contribution in [2.45, 2.75) is 18.6 Å². The predicted octanol–water partition coefficient (Wildman–Crippen LogP) is 2.58. The van der Waals surface area contributed by atoms with Gasteiger partial charge in [0.25, 0.3) is 5.91 Å². The second kappa shape index (κ2) is 8.03. The molecule has 0 saturated carbocycles. The van der Waals surface area contributed by atoms with Crippen molar-refractivity contribution >= 4 is 17.5 Å². The van der Waals surface area contributed by atoms with Crippen molar-refractivity contribution in [3.05, 3.63) is 75.1 Å². The van der Waals surface area contributed by atoms with Crippen LogP contribution >= 0.6 is 0 Å². The monoisotopic (exact) mass is 399 g/mol. The Morgan fingerprint density at radius 1 is 1.14 bits per heavy atom. The number of primary amides is 1. The number of carbonyl (C=O) groups excluding carboxylic acids is 2. The largest absolute Gasteiger partial charge is 0.416 e. The zero-order valence-corrected chi connectivity index (χ0v) is 14.0. The van der Waals surface area contributed by atoms with Crippen LogP contribution in [0.3, 0.4) is 0 Å².